The Hall–Kier alpha value is -0.730. The van der Waals surface area contributed by atoms with E-state index in [1.807, 2.05) is 29.2 Å². The molecule has 1 aliphatic rings. The highest BCUT2D eigenvalue weighted by Crippen LogP contribution is 2.20. The van der Waals surface area contributed by atoms with Crippen LogP contribution in [0.4, 0.5) is 0 Å². The van der Waals surface area contributed by atoms with Crippen molar-refractivity contribution in [3.63, 3.8) is 0 Å². The van der Waals surface area contributed by atoms with Gasteiger partial charge in [-0.25, -0.2) is 0 Å². The summed E-state index contributed by atoms with van der Waals surface area (Å²) in [6, 6.07) is 7.49. The zero-order chi connectivity index (χ0) is 12.3. The second-order valence-corrected chi connectivity index (χ2v) is 5.13. The predicted molar refractivity (Wildman–Crippen MR) is 70.6 cm³/mol. The quantitative estimate of drug-likeness (QED) is 0.775. The van der Waals surface area contributed by atoms with E-state index in [-0.39, 0.29) is 5.91 Å². The lowest BCUT2D eigenvalue weighted by Gasteiger charge is -2.16. The van der Waals surface area contributed by atoms with E-state index in [1.165, 1.54) is 0 Å². The molecular formula is C13H15Cl2NO. The van der Waals surface area contributed by atoms with Gasteiger partial charge in [-0.15, -0.1) is 11.6 Å². The van der Waals surface area contributed by atoms with Gasteiger partial charge in [-0.1, -0.05) is 29.8 Å². The number of carbonyl (C=O) groups excluding carboxylic acids is 1. The molecule has 1 atom stereocenters. The maximum absolute atomic E-state index is 12.1. The van der Waals surface area contributed by atoms with Crippen molar-refractivity contribution in [2.75, 3.05) is 19.0 Å². The van der Waals surface area contributed by atoms with Crippen LogP contribution in [0.25, 0.3) is 0 Å². The molecule has 1 unspecified atom stereocenters. The minimum absolute atomic E-state index is 0.144. The fourth-order valence-corrected chi connectivity index (χ4v) is 2.56. The molecular weight excluding hydrogens is 257 g/mol. The molecule has 0 aromatic heterocycles. The van der Waals surface area contributed by atoms with Gasteiger partial charge in [-0.2, -0.15) is 0 Å². The smallest absolute Gasteiger partial charge is 0.227 e. The van der Waals surface area contributed by atoms with Crippen LogP contribution < -0.4 is 0 Å². The molecule has 1 saturated heterocycles. The summed E-state index contributed by atoms with van der Waals surface area (Å²) >= 11 is 11.8. The van der Waals surface area contributed by atoms with Crippen molar-refractivity contribution in [2.45, 2.75) is 12.8 Å². The van der Waals surface area contributed by atoms with Gasteiger partial charge < -0.3 is 4.90 Å². The maximum atomic E-state index is 12.1. The Morgan fingerprint density at radius 2 is 2.18 bits per heavy atom. The van der Waals surface area contributed by atoms with Crippen LogP contribution in [0.2, 0.25) is 5.02 Å². The Kier molecular flexibility index (Phi) is 4.30. The summed E-state index contributed by atoms with van der Waals surface area (Å²) < 4.78 is 0. The molecule has 1 amide bonds. The Labute approximate surface area is 112 Å². The number of halogens is 2. The van der Waals surface area contributed by atoms with Gasteiger partial charge >= 0.3 is 0 Å². The SMILES string of the molecule is O=C(Cc1ccccc1Cl)N1CCC(CCl)C1. The van der Waals surface area contributed by atoms with E-state index in [9.17, 15) is 4.79 Å². The van der Waals surface area contributed by atoms with Crippen LogP contribution in [0.15, 0.2) is 24.3 Å². The molecule has 0 aliphatic carbocycles. The second kappa shape index (κ2) is 5.74. The Balaban J connectivity index is 1.96. The average molecular weight is 272 g/mol. The van der Waals surface area contributed by atoms with Crippen LogP contribution in [0.1, 0.15) is 12.0 Å². The van der Waals surface area contributed by atoms with Crippen molar-refractivity contribution in [3.05, 3.63) is 34.9 Å². The highest BCUT2D eigenvalue weighted by Gasteiger charge is 2.25. The normalized spacial score (nSPS) is 19.6. The number of alkyl halides is 1. The topological polar surface area (TPSA) is 20.3 Å². The summed E-state index contributed by atoms with van der Waals surface area (Å²) in [5, 5.41) is 0.661. The summed E-state index contributed by atoms with van der Waals surface area (Å²) in [6.45, 7) is 1.60. The molecule has 1 aromatic rings. The molecule has 1 fully saturated rings. The molecule has 0 spiro atoms. The highest BCUT2D eigenvalue weighted by molar-refractivity contribution is 6.31. The van der Waals surface area contributed by atoms with Gasteiger partial charge in [0.2, 0.25) is 5.91 Å². The van der Waals surface area contributed by atoms with Crippen LogP contribution in [-0.2, 0) is 11.2 Å². The van der Waals surface area contributed by atoms with Gasteiger partial charge in [0.25, 0.3) is 0 Å². The molecule has 0 bridgehead atoms. The number of hydrogen-bond donors (Lipinski definition) is 0. The van der Waals surface area contributed by atoms with E-state index in [1.54, 1.807) is 0 Å². The number of rotatable bonds is 3. The van der Waals surface area contributed by atoms with Crippen LogP contribution >= 0.6 is 23.2 Å². The molecule has 17 heavy (non-hydrogen) atoms. The third kappa shape index (κ3) is 3.14. The second-order valence-electron chi connectivity index (χ2n) is 4.42. The van der Waals surface area contributed by atoms with Crippen molar-refractivity contribution in [1.82, 2.24) is 4.90 Å². The first kappa shape index (κ1) is 12.7. The number of hydrogen-bond acceptors (Lipinski definition) is 1. The zero-order valence-corrected chi connectivity index (χ0v) is 11.0. The number of likely N-dealkylation sites (tertiary alicyclic amines) is 1. The lowest BCUT2D eigenvalue weighted by molar-refractivity contribution is -0.129. The maximum Gasteiger partial charge on any atom is 0.227 e. The van der Waals surface area contributed by atoms with Crippen LogP contribution in [0.3, 0.4) is 0 Å². The molecule has 2 rings (SSSR count). The average Bonchev–Trinajstić information content (AvgIpc) is 2.81. The van der Waals surface area contributed by atoms with E-state index in [0.717, 1.165) is 25.1 Å². The van der Waals surface area contributed by atoms with Crippen molar-refractivity contribution < 1.29 is 4.79 Å². The minimum atomic E-state index is 0.144. The van der Waals surface area contributed by atoms with E-state index in [4.69, 9.17) is 23.2 Å². The first-order chi connectivity index (χ1) is 8.20. The van der Waals surface area contributed by atoms with Crippen molar-refractivity contribution >= 4 is 29.1 Å². The van der Waals surface area contributed by atoms with Crippen molar-refractivity contribution in [3.8, 4) is 0 Å². The summed E-state index contributed by atoms with van der Waals surface area (Å²) in [5.41, 5.74) is 0.897. The van der Waals surface area contributed by atoms with Gasteiger partial charge in [0.1, 0.15) is 0 Å². The van der Waals surface area contributed by atoms with Crippen LogP contribution in [-0.4, -0.2) is 29.8 Å². The van der Waals surface area contributed by atoms with Crippen LogP contribution in [0, 0.1) is 5.92 Å². The molecule has 92 valence electrons. The summed E-state index contributed by atoms with van der Waals surface area (Å²) in [7, 11) is 0. The van der Waals surface area contributed by atoms with E-state index in [2.05, 4.69) is 0 Å². The third-order valence-electron chi connectivity index (χ3n) is 3.16. The van der Waals surface area contributed by atoms with Gasteiger partial charge in [-0.05, 0) is 24.0 Å². The molecule has 4 heteroatoms. The molecule has 0 saturated carbocycles. The Morgan fingerprint density at radius 1 is 1.41 bits per heavy atom. The summed E-state index contributed by atoms with van der Waals surface area (Å²) in [4.78, 5) is 13.9. The van der Waals surface area contributed by atoms with Gasteiger partial charge in [0, 0.05) is 24.0 Å². The minimum Gasteiger partial charge on any atom is -0.342 e. The lowest BCUT2D eigenvalue weighted by Crippen LogP contribution is -2.30. The number of nitrogens with zero attached hydrogens (tertiary/aromatic N) is 1. The van der Waals surface area contributed by atoms with E-state index in [0.29, 0.717) is 23.2 Å². The standard InChI is InChI=1S/C13H15Cl2NO/c14-8-10-5-6-16(9-10)13(17)7-11-3-1-2-4-12(11)15/h1-4,10H,5-9H2. The monoisotopic (exact) mass is 271 g/mol. The van der Waals surface area contributed by atoms with E-state index < -0.39 is 0 Å². The summed E-state index contributed by atoms with van der Waals surface area (Å²) in [6.07, 6.45) is 1.40. The molecule has 1 aliphatic heterocycles. The highest BCUT2D eigenvalue weighted by atomic mass is 35.5. The first-order valence-electron chi connectivity index (χ1n) is 5.78. The molecule has 0 N–H and O–H groups in total. The van der Waals surface area contributed by atoms with Crippen molar-refractivity contribution in [2.24, 2.45) is 5.92 Å². The number of amides is 1. The fraction of sp³-hybridized carbons (Fsp3) is 0.462. The Morgan fingerprint density at radius 3 is 2.82 bits per heavy atom. The van der Waals surface area contributed by atoms with Crippen molar-refractivity contribution in [1.29, 1.82) is 0 Å². The van der Waals surface area contributed by atoms with Gasteiger partial charge in [0.05, 0.1) is 6.42 Å². The molecule has 1 heterocycles. The number of carbonyl (C=O) groups is 1. The first-order valence-corrected chi connectivity index (χ1v) is 6.69. The fourth-order valence-electron chi connectivity index (χ4n) is 2.10. The largest absolute Gasteiger partial charge is 0.342 e. The van der Waals surface area contributed by atoms with E-state index >= 15 is 0 Å². The lowest BCUT2D eigenvalue weighted by atomic mass is 10.1. The summed E-state index contributed by atoms with van der Waals surface area (Å²) in [5.74, 6) is 1.23. The zero-order valence-electron chi connectivity index (χ0n) is 9.53. The predicted octanol–water partition coefficient (Wildman–Crippen LogP) is 2.97. The number of benzene rings is 1. The molecule has 2 nitrogen and oxygen atoms in total. The molecule has 1 aromatic carbocycles. The van der Waals surface area contributed by atoms with Gasteiger partial charge in [0.15, 0.2) is 0 Å². The van der Waals surface area contributed by atoms with Crippen LogP contribution in [0.5, 0.6) is 0 Å². The Bertz CT molecular complexity index is 408. The molecule has 0 radical (unpaired) electrons. The third-order valence-corrected chi connectivity index (χ3v) is 3.96. The van der Waals surface area contributed by atoms with Gasteiger partial charge in [-0.3, -0.25) is 4.79 Å².